The molecule has 0 spiro atoms. The van der Waals surface area contributed by atoms with Crippen molar-refractivity contribution in [2.75, 3.05) is 13.7 Å². The summed E-state index contributed by atoms with van der Waals surface area (Å²) in [7, 11) is 1.56. The molecule has 0 saturated carbocycles. The zero-order valence-corrected chi connectivity index (χ0v) is 11.9. The molecule has 0 amide bonds. The first-order chi connectivity index (χ1) is 9.08. The molecule has 0 saturated heterocycles. The Hall–Kier alpha value is -1.57. The number of hydrogen-bond donors (Lipinski definition) is 1. The third-order valence-corrected chi connectivity index (χ3v) is 3.45. The second-order valence-electron chi connectivity index (χ2n) is 4.71. The van der Waals surface area contributed by atoms with E-state index < -0.39 is 0 Å². The number of nitrogens with zero attached hydrogens (tertiary/aromatic N) is 1. The lowest BCUT2D eigenvalue weighted by Gasteiger charge is -2.26. The van der Waals surface area contributed by atoms with E-state index in [1.54, 1.807) is 13.2 Å². The minimum absolute atomic E-state index is 0.253. The molecule has 0 aliphatic carbocycles. The van der Waals surface area contributed by atoms with Gasteiger partial charge in [-0.2, -0.15) is 5.26 Å². The van der Waals surface area contributed by atoms with Crippen LogP contribution in [0.1, 0.15) is 37.8 Å². The maximum Gasteiger partial charge on any atom is 0.136 e. The van der Waals surface area contributed by atoms with Crippen LogP contribution in [-0.2, 0) is 11.3 Å². The summed E-state index contributed by atoms with van der Waals surface area (Å²) in [5.74, 6) is 0.577. The number of benzene rings is 1. The molecular formula is C15H22N2O2. The monoisotopic (exact) mass is 262 g/mol. The Morgan fingerprint density at radius 2 is 2.00 bits per heavy atom. The number of ether oxygens (including phenoxy) is 2. The predicted molar refractivity (Wildman–Crippen MR) is 74.9 cm³/mol. The largest absolute Gasteiger partial charge is 0.495 e. The fourth-order valence-electron chi connectivity index (χ4n) is 1.74. The van der Waals surface area contributed by atoms with E-state index in [0.29, 0.717) is 24.5 Å². The second-order valence-corrected chi connectivity index (χ2v) is 4.71. The molecule has 0 aliphatic rings. The topological polar surface area (TPSA) is 68.3 Å². The number of rotatable bonds is 7. The van der Waals surface area contributed by atoms with E-state index in [-0.39, 0.29) is 5.54 Å². The van der Waals surface area contributed by atoms with Gasteiger partial charge in [0.05, 0.1) is 25.9 Å². The fraction of sp³-hybridized carbons (Fsp3) is 0.533. The van der Waals surface area contributed by atoms with E-state index in [2.05, 4.69) is 19.9 Å². The van der Waals surface area contributed by atoms with Gasteiger partial charge in [0, 0.05) is 5.54 Å². The zero-order chi connectivity index (χ0) is 14.3. The molecule has 1 aromatic rings. The molecule has 4 nitrogen and oxygen atoms in total. The number of hydrogen-bond acceptors (Lipinski definition) is 4. The van der Waals surface area contributed by atoms with E-state index >= 15 is 0 Å². The quantitative estimate of drug-likeness (QED) is 0.820. The van der Waals surface area contributed by atoms with Crippen LogP contribution >= 0.6 is 0 Å². The fourth-order valence-corrected chi connectivity index (χ4v) is 1.74. The number of nitriles is 1. The summed E-state index contributed by atoms with van der Waals surface area (Å²) < 4.78 is 10.8. The van der Waals surface area contributed by atoms with Crippen LogP contribution in [-0.4, -0.2) is 19.3 Å². The van der Waals surface area contributed by atoms with E-state index in [1.165, 1.54) is 0 Å². The highest BCUT2D eigenvalue weighted by molar-refractivity contribution is 5.45. The highest BCUT2D eigenvalue weighted by Gasteiger charge is 2.20. The van der Waals surface area contributed by atoms with Gasteiger partial charge in [-0.1, -0.05) is 19.9 Å². The first kappa shape index (κ1) is 15.5. The van der Waals surface area contributed by atoms with E-state index in [0.717, 1.165) is 18.4 Å². The van der Waals surface area contributed by atoms with Crippen LogP contribution in [0.25, 0.3) is 0 Å². The molecule has 0 aromatic heterocycles. The van der Waals surface area contributed by atoms with Crippen molar-refractivity contribution >= 4 is 0 Å². The smallest absolute Gasteiger partial charge is 0.136 e. The van der Waals surface area contributed by atoms with E-state index in [9.17, 15) is 0 Å². The molecule has 2 N–H and O–H groups in total. The summed E-state index contributed by atoms with van der Waals surface area (Å²) in [6, 6.07) is 7.53. The lowest BCUT2D eigenvalue weighted by Crippen LogP contribution is -2.43. The highest BCUT2D eigenvalue weighted by Crippen LogP contribution is 2.20. The molecular weight excluding hydrogens is 240 g/mol. The van der Waals surface area contributed by atoms with Crippen molar-refractivity contribution in [3.05, 3.63) is 29.3 Å². The standard InChI is InChI=1S/C15H22N2O2/c1-4-15(17,5-2)11-19-10-12-6-7-13(9-16)14(8-12)18-3/h6-8H,4-5,10-11,17H2,1-3H3. The summed E-state index contributed by atoms with van der Waals surface area (Å²) >= 11 is 0. The van der Waals surface area contributed by atoms with Crippen molar-refractivity contribution in [3.63, 3.8) is 0 Å². The molecule has 19 heavy (non-hydrogen) atoms. The summed E-state index contributed by atoms with van der Waals surface area (Å²) in [5.41, 5.74) is 7.42. The molecule has 0 bridgehead atoms. The van der Waals surface area contributed by atoms with Gasteiger partial charge in [0.2, 0.25) is 0 Å². The van der Waals surface area contributed by atoms with Gasteiger partial charge in [0.25, 0.3) is 0 Å². The summed E-state index contributed by atoms with van der Waals surface area (Å²) in [6.45, 7) is 5.14. The molecule has 0 fully saturated rings. The van der Waals surface area contributed by atoms with Gasteiger partial charge < -0.3 is 15.2 Å². The van der Waals surface area contributed by atoms with E-state index in [1.807, 2.05) is 12.1 Å². The van der Waals surface area contributed by atoms with Gasteiger partial charge in [-0.15, -0.1) is 0 Å². The number of nitrogens with two attached hydrogens (primary N) is 1. The maximum atomic E-state index is 8.91. The van der Waals surface area contributed by atoms with Crippen LogP contribution in [0, 0.1) is 11.3 Å². The Kier molecular flexibility index (Phi) is 5.81. The van der Waals surface area contributed by atoms with Crippen molar-refractivity contribution in [3.8, 4) is 11.8 Å². The molecule has 0 heterocycles. The summed E-state index contributed by atoms with van der Waals surface area (Å²) in [6.07, 6.45) is 1.78. The Bertz CT molecular complexity index is 448. The molecule has 1 aromatic carbocycles. The maximum absolute atomic E-state index is 8.91. The average molecular weight is 262 g/mol. The van der Waals surface area contributed by atoms with Crippen LogP contribution in [0.5, 0.6) is 5.75 Å². The van der Waals surface area contributed by atoms with Crippen molar-refractivity contribution in [2.45, 2.75) is 38.8 Å². The highest BCUT2D eigenvalue weighted by atomic mass is 16.5. The zero-order valence-electron chi connectivity index (χ0n) is 11.9. The van der Waals surface area contributed by atoms with Gasteiger partial charge in [0.1, 0.15) is 11.8 Å². The Labute approximate surface area is 115 Å². The van der Waals surface area contributed by atoms with Crippen LogP contribution in [0.2, 0.25) is 0 Å². The van der Waals surface area contributed by atoms with Crippen molar-refractivity contribution in [1.82, 2.24) is 0 Å². The van der Waals surface area contributed by atoms with Crippen LogP contribution in [0.4, 0.5) is 0 Å². The third-order valence-electron chi connectivity index (χ3n) is 3.45. The minimum atomic E-state index is -0.253. The minimum Gasteiger partial charge on any atom is -0.495 e. The molecule has 0 radical (unpaired) electrons. The van der Waals surface area contributed by atoms with Gasteiger partial charge >= 0.3 is 0 Å². The summed E-state index contributed by atoms with van der Waals surface area (Å²) in [5, 5.41) is 8.91. The Morgan fingerprint density at radius 1 is 1.32 bits per heavy atom. The predicted octanol–water partition coefficient (Wildman–Crippen LogP) is 2.60. The second kappa shape index (κ2) is 7.13. The van der Waals surface area contributed by atoms with Crippen LogP contribution < -0.4 is 10.5 Å². The lowest BCUT2D eigenvalue weighted by atomic mass is 9.96. The van der Waals surface area contributed by atoms with Crippen molar-refractivity contribution in [1.29, 1.82) is 5.26 Å². The van der Waals surface area contributed by atoms with Gasteiger partial charge in [0.15, 0.2) is 0 Å². The van der Waals surface area contributed by atoms with Gasteiger partial charge in [-0.05, 0) is 30.5 Å². The van der Waals surface area contributed by atoms with Crippen LogP contribution in [0.15, 0.2) is 18.2 Å². The van der Waals surface area contributed by atoms with Crippen molar-refractivity contribution in [2.24, 2.45) is 5.73 Å². The molecule has 0 aliphatic heterocycles. The summed E-state index contributed by atoms with van der Waals surface area (Å²) in [4.78, 5) is 0. The molecule has 104 valence electrons. The van der Waals surface area contributed by atoms with Gasteiger partial charge in [-0.25, -0.2) is 0 Å². The lowest BCUT2D eigenvalue weighted by molar-refractivity contribution is 0.0695. The average Bonchev–Trinajstić information content (AvgIpc) is 2.46. The Morgan fingerprint density at radius 3 is 2.53 bits per heavy atom. The normalized spacial score (nSPS) is 11.1. The van der Waals surface area contributed by atoms with Gasteiger partial charge in [-0.3, -0.25) is 0 Å². The van der Waals surface area contributed by atoms with Crippen molar-refractivity contribution < 1.29 is 9.47 Å². The number of methoxy groups -OCH3 is 1. The van der Waals surface area contributed by atoms with E-state index in [4.69, 9.17) is 20.5 Å². The van der Waals surface area contributed by atoms with Crippen LogP contribution in [0.3, 0.4) is 0 Å². The third kappa shape index (κ3) is 4.23. The first-order valence-corrected chi connectivity index (χ1v) is 6.52. The Balaban J connectivity index is 2.62. The SMILES string of the molecule is CCC(N)(CC)COCc1ccc(C#N)c(OC)c1. The first-order valence-electron chi connectivity index (χ1n) is 6.52. The molecule has 4 heteroatoms. The molecule has 0 atom stereocenters. The molecule has 1 rings (SSSR count). The molecule has 0 unspecified atom stereocenters.